The van der Waals surface area contributed by atoms with Crippen molar-refractivity contribution in [3.05, 3.63) is 63.4 Å². The third-order valence-corrected chi connectivity index (χ3v) is 6.68. The molecule has 26 heavy (non-hydrogen) atoms. The normalized spacial score (nSPS) is 15.7. The maximum absolute atomic E-state index is 6.32. The van der Waals surface area contributed by atoms with Gasteiger partial charge in [-0.3, -0.25) is 0 Å². The van der Waals surface area contributed by atoms with Crippen LogP contribution in [0.15, 0.2) is 36.4 Å². The summed E-state index contributed by atoms with van der Waals surface area (Å²) in [5.41, 5.74) is 4.57. The second-order valence-electron chi connectivity index (χ2n) is 7.10. The number of aromatic nitrogens is 2. The van der Waals surface area contributed by atoms with Gasteiger partial charge in [-0.15, -0.1) is 0 Å². The Kier molecular flexibility index (Phi) is 5.58. The van der Waals surface area contributed by atoms with Crippen molar-refractivity contribution in [2.45, 2.75) is 49.9 Å². The molecule has 0 aliphatic heterocycles. The quantitative estimate of drug-likeness (QED) is 0.379. The zero-order valence-corrected chi connectivity index (χ0v) is 17.6. The fraction of sp³-hybridized carbons (Fsp3) is 0.381. The second-order valence-corrected chi connectivity index (χ2v) is 8.47. The lowest BCUT2D eigenvalue weighted by Crippen LogP contribution is -2.13. The van der Waals surface area contributed by atoms with Crippen LogP contribution in [0.1, 0.15) is 55.0 Å². The molecule has 3 aromatic rings. The van der Waals surface area contributed by atoms with E-state index in [0.717, 1.165) is 22.9 Å². The molecule has 1 fully saturated rings. The van der Waals surface area contributed by atoms with Gasteiger partial charge in [-0.2, -0.15) is 0 Å². The smallest absolute Gasteiger partial charge is 0.113 e. The van der Waals surface area contributed by atoms with Crippen LogP contribution >= 0.6 is 39.1 Å². The van der Waals surface area contributed by atoms with Gasteiger partial charge < -0.3 is 4.57 Å². The Bertz CT molecular complexity index is 912. The van der Waals surface area contributed by atoms with Crippen molar-refractivity contribution in [3.63, 3.8) is 0 Å². The molecule has 1 saturated carbocycles. The minimum Gasteiger partial charge on any atom is -0.323 e. The molecular weight excluding hydrogens is 431 g/mol. The summed E-state index contributed by atoms with van der Waals surface area (Å²) in [4.78, 5) is 4.98. The molecule has 0 N–H and O–H groups in total. The summed E-state index contributed by atoms with van der Waals surface area (Å²) in [7, 11) is 0. The zero-order chi connectivity index (χ0) is 18.1. The van der Waals surface area contributed by atoms with Crippen molar-refractivity contribution in [2.24, 2.45) is 0 Å². The predicted octanol–water partition coefficient (Wildman–Crippen LogP) is 7.33. The SMILES string of the molecule is Clc1cc2nc(C3CCCCC3)n(Cc3ccc(CBr)cc3)c2cc1Cl. The average molecular weight is 452 g/mol. The molecule has 2 aromatic carbocycles. The monoisotopic (exact) mass is 450 g/mol. The average Bonchev–Trinajstić information content (AvgIpc) is 3.01. The summed E-state index contributed by atoms with van der Waals surface area (Å²) in [6.45, 7) is 0.808. The highest BCUT2D eigenvalue weighted by Crippen LogP contribution is 2.36. The molecule has 5 heteroatoms. The number of benzene rings is 2. The standard InChI is InChI=1S/C21H21BrCl2N2/c22-12-14-6-8-15(9-7-14)13-26-20-11-18(24)17(23)10-19(20)25-21(26)16-4-2-1-3-5-16/h6-11,16H,1-5,12-13H2. The second kappa shape index (κ2) is 7.92. The first-order valence-electron chi connectivity index (χ1n) is 9.14. The highest BCUT2D eigenvalue weighted by molar-refractivity contribution is 9.08. The number of hydrogen-bond donors (Lipinski definition) is 0. The lowest BCUT2D eigenvalue weighted by atomic mass is 9.88. The maximum Gasteiger partial charge on any atom is 0.113 e. The van der Waals surface area contributed by atoms with Gasteiger partial charge in [0.25, 0.3) is 0 Å². The highest BCUT2D eigenvalue weighted by atomic mass is 79.9. The highest BCUT2D eigenvalue weighted by Gasteiger charge is 2.23. The number of rotatable bonds is 4. The molecule has 0 spiro atoms. The van der Waals surface area contributed by atoms with Gasteiger partial charge in [-0.05, 0) is 36.1 Å². The van der Waals surface area contributed by atoms with Gasteiger partial charge in [0, 0.05) is 17.8 Å². The number of hydrogen-bond acceptors (Lipinski definition) is 1. The fourth-order valence-electron chi connectivity index (χ4n) is 3.89. The summed E-state index contributed by atoms with van der Waals surface area (Å²) in [6, 6.07) is 12.6. The summed E-state index contributed by atoms with van der Waals surface area (Å²) < 4.78 is 2.34. The van der Waals surface area contributed by atoms with E-state index in [1.807, 2.05) is 12.1 Å². The van der Waals surface area contributed by atoms with E-state index in [0.29, 0.717) is 16.0 Å². The van der Waals surface area contributed by atoms with E-state index in [-0.39, 0.29) is 0 Å². The Morgan fingerprint density at radius 2 is 1.62 bits per heavy atom. The molecule has 0 radical (unpaired) electrons. The number of halogens is 3. The Balaban J connectivity index is 1.79. The van der Waals surface area contributed by atoms with Gasteiger partial charge in [0.15, 0.2) is 0 Å². The van der Waals surface area contributed by atoms with Crippen molar-refractivity contribution < 1.29 is 0 Å². The molecule has 4 rings (SSSR count). The van der Waals surface area contributed by atoms with Crippen molar-refractivity contribution in [1.82, 2.24) is 9.55 Å². The van der Waals surface area contributed by atoms with Gasteiger partial charge in [0.2, 0.25) is 0 Å². The largest absolute Gasteiger partial charge is 0.323 e. The van der Waals surface area contributed by atoms with E-state index in [2.05, 4.69) is 44.8 Å². The van der Waals surface area contributed by atoms with Crippen molar-refractivity contribution in [2.75, 3.05) is 0 Å². The summed E-state index contributed by atoms with van der Waals surface area (Å²) in [5, 5.41) is 2.04. The molecular formula is C21H21BrCl2N2. The van der Waals surface area contributed by atoms with Gasteiger partial charge >= 0.3 is 0 Å². The van der Waals surface area contributed by atoms with E-state index in [1.165, 1.54) is 49.1 Å². The Labute approximate surface area is 172 Å². The van der Waals surface area contributed by atoms with E-state index >= 15 is 0 Å². The fourth-order valence-corrected chi connectivity index (χ4v) is 4.58. The zero-order valence-electron chi connectivity index (χ0n) is 14.5. The molecule has 1 aliphatic carbocycles. The van der Waals surface area contributed by atoms with Gasteiger partial charge in [-0.1, -0.05) is 82.7 Å². The summed E-state index contributed by atoms with van der Waals surface area (Å²) in [6.07, 6.45) is 6.34. The topological polar surface area (TPSA) is 17.8 Å². The van der Waals surface area contributed by atoms with Gasteiger partial charge in [-0.25, -0.2) is 4.98 Å². The number of fused-ring (bicyclic) bond motifs is 1. The summed E-state index contributed by atoms with van der Waals surface area (Å²) in [5.74, 6) is 1.71. The van der Waals surface area contributed by atoms with Crippen LogP contribution in [0.4, 0.5) is 0 Å². The number of alkyl halides is 1. The van der Waals surface area contributed by atoms with E-state index < -0.39 is 0 Å². The number of nitrogens with zero attached hydrogens (tertiary/aromatic N) is 2. The Morgan fingerprint density at radius 3 is 2.31 bits per heavy atom. The Morgan fingerprint density at radius 1 is 0.962 bits per heavy atom. The van der Waals surface area contributed by atoms with Crippen LogP contribution in [-0.2, 0) is 11.9 Å². The first-order chi connectivity index (χ1) is 12.7. The van der Waals surface area contributed by atoms with Gasteiger partial charge in [0.1, 0.15) is 5.82 Å². The van der Waals surface area contributed by atoms with E-state index in [1.54, 1.807) is 0 Å². The van der Waals surface area contributed by atoms with E-state index in [9.17, 15) is 0 Å². The molecule has 0 amide bonds. The van der Waals surface area contributed by atoms with Crippen molar-refractivity contribution >= 4 is 50.2 Å². The molecule has 0 atom stereocenters. The third-order valence-electron chi connectivity index (χ3n) is 5.31. The van der Waals surface area contributed by atoms with Crippen molar-refractivity contribution in [1.29, 1.82) is 0 Å². The lowest BCUT2D eigenvalue weighted by Gasteiger charge is -2.22. The van der Waals surface area contributed by atoms with Crippen molar-refractivity contribution in [3.8, 4) is 0 Å². The Hall–Kier alpha value is -1.03. The molecule has 1 aromatic heterocycles. The van der Waals surface area contributed by atoms with E-state index in [4.69, 9.17) is 28.2 Å². The van der Waals surface area contributed by atoms with Crippen LogP contribution in [0.5, 0.6) is 0 Å². The predicted molar refractivity (Wildman–Crippen MR) is 114 cm³/mol. The minimum atomic E-state index is 0.524. The first kappa shape index (κ1) is 18.3. The van der Waals surface area contributed by atoms with Crippen LogP contribution < -0.4 is 0 Å². The van der Waals surface area contributed by atoms with Crippen LogP contribution in [-0.4, -0.2) is 9.55 Å². The van der Waals surface area contributed by atoms with Gasteiger partial charge in [0.05, 0.1) is 21.1 Å². The summed E-state index contributed by atoms with van der Waals surface area (Å²) >= 11 is 16.1. The lowest BCUT2D eigenvalue weighted by molar-refractivity contribution is 0.420. The molecule has 2 nitrogen and oxygen atoms in total. The molecule has 136 valence electrons. The van der Waals surface area contributed by atoms with Crippen LogP contribution in [0.2, 0.25) is 10.0 Å². The molecule has 0 unspecified atom stereocenters. The molecule has 0 bridgehead atoms. The minimum absolute atomic E-state index is 0.524. The molecule has 0 saturated heterocycles. The first-order valence-corrected chi connectivity index (χ1v) is 11.0. The van der Waals surface area contributed by atoms with Crippen LogP contribution in [0, 0.1) is 0 Å². The molecule has 1 aliphatic rings. The third kappa shape index (κ3) is 3.67. The number of imidazole rings is 1. The maximum atomic E-state index is 6.32. The van der Waals surface area contributed by atoms with Crippen LogP contribution in [0.25, 0.3) is 11.0 Å². The molecule has 1 heterocycles. The van der Waals surface area contributed by atoms with Crippen LogP contribution in [0.3, 0.4) is 0 Å².